The summed E-state index contributed by atoms with van der Waals surface area (Å²) in [6.45, 7) is 6.70. The van der Waals surface area contributed by atoms with Gasteiger partial charge in [0.2, 0.25) is 0 Å². The largest absolute Gasteiger partial charge is 0.328 e. The van der Waals surface area contributed by atoms with Crippen molar-refractivity contribution < 1.29 is 4.79 Å². The molecule has 0 radical (unpaired) electrons. The summed E-state index contributed by atoms with van der Waals surface area (Å²) in [5, 5.41) is 0. The Morgan fingerprint density at radius 1 is 1.16 bits per heavy atom. The van der Waals surface area contributed by atoms with Crippen molar-refractivity contribution in [2.45, 2.75) is 83.8 Å². The standard InChI is InChI=1S/C24H32N4O2S/c1-15(2)27-12-10-17-18(14-27)25-22(26-23(17)29)19-8-5-6-11-28(19)24(30)21-13-16-7-3-4-9-20(16)31-21/h13,15,19H,3-12,14H2,1-2H3,(H,25,26,29)/t19-/m1/s1. The number of thiophene rings is 1. The van der Waals surface area contributed by atoms with Crippen LogP contribution in [0.4, 0.5) is 0 Å². The third-order valence-corrected chi connectivity index (χ3v) is 8.36. The molecule has 2 aliphatic heterocycles. The molecule has 5 rings (SSSR count). The smallest absolute Gasteiger partial charge is 0.264 e. The van der Waals surface area contributed by atoms with Crippen molar-refractivity contribution in [3.05, 3.63) is 48.8 Å². The van der Waals surface area contributed by atoms with Gasteiger partial charge in [0.05, 0.1) is 16.6 Å². The van der Waals surface area contributed by atoms with Gasteiger partial charge in [0.15, 0.2) is 0 Å². The molecule has 0 bridgehead atoms. The highest BCUT2D eigenvalue weighted by atomic mass is 32.1. The lowest BCUT2D eigenvalue weighted by Gasteiger charge is -2.36. The minimum atomic E-state index is -0.146. The molecule has 7 heteroatoms. The molecule has 166 valence electrons. The van der Waals surface area contributed by atoms with E-state index in [1.807, 2.05) is 4.90 Å². The fourth-order valence-corrected chi connectivity index (χ4v) is 6.48. The summed E-state index contributed by atoms with van der Waals surface area (Å²) in [4.78, 5) is 40.9. The Morgan fingerprint density at radius 3 is 2.81 bits per heavy atom. The number of likely N-dealkylation sites (tertiary alicyclic amines) is 1. The zero-order chi connectivity index (χ0) is 21.5. The van der Waals surface area contributed by atoms with E-state index >= 15 is 0 Å². The van der Waals surface area contributed by atoms with Crippen LogP contribution in [-0.4, -0.2) is 44.8 Å². The van der Waals surface area contributed by atoms with E-state index in [0.717, 1.165) is 67.7 Å². The summed E-state index contributed by atoms with van der Waals surface area (Å²) in [5.41, 5.74) is 3.05. The summed E-state index contributed by atoms with van der Waals surface area (Å²) in [7, 11) is 0. The SMILES string of the molecule is CC(C)N1CCc2c(nc([C@H]3CCCCN3C(=O)c3cc4c(s3)CCCC4)[nH]c2=O)C1. The lowest BCUT2D eigenvalue weighted by Crippen LogP contribution is -2.42. The lowest BCUT2D eigenvalue weighted by molar-refractivity contribution is 0.0603. The fraction of sp³-hybridized carbons (Fsp3) is 0.625. The Kier molecular flexibility index (Phi) is 5.73. The Balaban J connectivity index is 1.45. The number of carbonyl (C=O) groups is 1. The van der Waals surface area contributed by atoms with E-state index in [2.05, 4.69) is 29.8 Å². The van der Waals surface area contributed by atoms with Gasteiger partial charge in [-0.05, 0) is 76.8 Å². The van der Waals surface area contributed by atoms with Gasteiger partial charge in [-0.1, -0.05) is 0 Å². The molecule has 1 aliphatic carbocycles. The predicted octanol–water partition coefficient (Wildman–Crippen LogP) is 3.84. The number of nitrogens with one attached hydrogen (secondary N) is 1. The first-order valence-electron chi connectivity index (χ1n) is 11.8. The zero-order valence-electron chi connectivity index (χ0n) is 18.6. The second-order valence-corrected chi connectivity index (χ2v) is 10.6. The first-order chi connectivity index (χ1) is 15.0. The highest BCUT2D eigenvalue weighted by molar-refractivity contribution is 7.14. The highest BCUT2D eigenvalue weighted by Gasteiger charge is 2.33. The molecule has 4 heterocycles. The molecule has 3 aliphatic rings. The maximum atomic E-state index is 13.5. The summed E-state index contributed by atoms with van der Waals surface area (Å²) >= 11 is 1.67. The normalized spacial score (nSPS) is 21.8. The second-order valence-electron chi connectivity index (χ2n) is 9.47. The molecular formula is C24H32N4O2S. The van der Waals surface area contributed by atoms with Crippen molar-refractivity contribution in [1.29, 1.82) is 0 Å². The number of piperidine rings is 1. The van der Waals surface area contributed by atoms with Gasteiger partial charge in [0.25, 0.3) is 11.5 Å². The van der Waals surface area contributed by atoms with Gasteiger partial charge in [-0.2, -0.15) is 0 Å². The third-order valence-electron chi connectivity index (χ3n) is 7.14. The van der Waals surface area contributed by atoms with Gasteiger partial charge in [0.1, 0.15) is 5.82 Å². The zero-order valence-corrected chi connectivity index (χ0v) is 19.4. The van der Waals surface area contributed by atoms with Crippen molar-refractivity contribution in [2.24, 2.45) is 0 Å². The monoisotopic (exact) mass is 440 g/mol. The van der Waals surface area contributed by atoms with E-state index in [0.29, 0.717) is 18.4 Å². The van der Waals surface area contributed by atoms with E-state index in [4.69, 9.17) is 4.98 Å². The van der Waals surface area contributed by atoms with Crippen LogP contribution in [0.1, 0.15) is 89.2 Å². The molecule has 1 N–H and O–H groups in total. The minimum absolute atomic E-state index is 0.0204. The predicted molar refractivity (Wildman–Crippen MR) is 123 cm³/mol. The van der Waals surface area contributed by atoms with Gasteiger partial charge in [0, 0.05) is 36.1 Å². The van der Waals surface area contributed by atoms with Gasteiger partial charge >= 0.3 is 0 Å². The van der Waals surface area contributed by atoms with Gasteiger partial charge in [-0.25, -0.2) is 4.98 Å². The number of hydrogen-bond acceptors (Lipinski definition) is 5. The summed E-state index contributed by atoms with van der Waals surface area (Å²) in [6.07, 6.45) is 8.28. The van der Waals surface area contributed by atoms with Crippen LogP contribution in [0, 0.1) is 0 Å². The van der Waals surface area contributed by atoms with E-state index in [9.17, 15) is 9.59 Å². The molecule has 0 spiro atoms. The first-order valence-corrected chi connectivity index (χ1v) is 12.6. The van der Waals surface area contributed by atoms with E-state index in [1.165, 1.54) is 23.3 Å². The molecule has 0 aromatic carbocycles. The third kappa shape index (κ3) is 3.98. The maximum Gasteiger partial charge on any atom is 0.264 e. The number of aryl methyl sites for hydroxylation is 2. The molecule has 6 nitrogen and oxygen atoms in total. The molecule has 0 saturated carbocycles. The van der Waals surface area contributed by atoms with Gasteiger partial charge in [-0.15, -0.1) is 11.3 Å². The summed E-state index contributed by atoms with van der Waals surface area (Å²) in [5.74, 6) is 0.775. The Hall–Kier alpha value is -1.99. The van der Waals surface area contributed by atoms with Crippen molar-refractivity contribution >= 4 is 17.2 Å². The number of H-pyrrole nitrogens is 1. The summed E-state index contributed by atoms with van der Waals surface area (Å²) < 4.78 is 0. The van der Waals surface area contributed by atoms with Crippen LogP contribution in [0.3, 0.4) is 0 Å². The number of fused-ring (bicyclic) bond motifs is 2. The number of aromatic nitrogens is 2. The van der Waals surface area contributed by atoms with Gasteiger partial charge < -0.3 is 9.88 Å². The number of nitrogens with zero attached hydrogens (tertiary/aromatic N) is 3. The maximum absolute atomic E-state index is 13.5. The highest BCUT2D eigenvalue weighted by Crippen LogP contribution is 2.35. The molecule has 2 aromatic heterocycles. The molecule has 31 heavy (non-hydrogen) atoms. The van der Waals surface area contributed by atoms with E-state index in [-0.39, 0.29) is 17.5 Å². The lowest BCUT2D eigenvalue weighted by atomic mass is 9.98. The second kappa shape index (κ2) is 8.51. The van der Waals surface area contributed by atoms with E-state index in [1.54, 1.807) is 11.3 Å². The molecule has 1 atom stereocenters. The average Bonchev–Trinajstić information content (AvgIpc) is 3.22. The van der Waals surface area contributed by atoms with E-state index < -0.39 is 0 Å². The van der Waals surface area contributed by atoms with Gasteiger partial charge in [-0.3, -0.25) is 14.5 Å². The van der Waals surface area contributed by atoms with Crippen LogP contribution in [0.2, 0.25) is 0 Å². The molecule has 1 amide bonds. The molecule has 0 unspecified atom stereocenters. The summed E-state index contributed by atoms with van der Waals surface area (Å²) in [6, 6.07) is 2.40. The van der Waals surface area contributed by atoms with Crippen LogP contribution in [-0.2, 0) is 25.8 Å². The number of hydrogen-bond donors (Lipinski definition) is 1. The van der Waals surface area contributed by atoms with Crippen molar-refractivity contribution in [3.8, 4) is 0 Å². The number of rotatable bonds is 3. The van der Waals surface area contributed by atoms with Crippen molar-refractivity contribution in [1.82, 2.24) is 19.8 Å². The molecular weight excluding hydrogens is 408 g/mol. The molecule has 1 saturated heterocycles. The van der Waals surface area contributed by atoms with Crippen LogP contribution >= 0.6 is 11.3 Å². The molecule has 2 aromatic rings. The Morgan fingerprint density at radius 2 is 2.00 bits per heavy atom. The van der Waals surface area contributed by atoms with Crippen LogP contribution in [0.25, 0.3) is 0 Å². The van der Waals surface area contributed by atoms with Crippen LogP contribution in [0.5, 0.6) is 0 Å². The van der Waals surface area contributed by atoms with Crippen LogP contribution in [0.15, 0.2) is 10.9 Å². The Labute approximate surface area is 187 Å². The van der Waals surface area contributed by atoms with Crippen LogP contribution < -0.4 is 5.56 Å². The fourth-order valence-electron chi connectivity index (χ4n) is 5.27. The number of aromatic amines is 1. The average molecular weight is 441 g/mol. The molecule has 1 fully saturated rings. The van der Waals surface area contributed by atoms with Crippen molar-refractivity contribution in [3.63, 3.8) is 0 Å². The number of carbonyl (C=O) groups excluding carboxylic acids is 1. The van der Waals surface area contributed by atoms with Crippen molar-refractivity contribution in [2.75, 3.05) is 13.1 Å². The number of amides is 1. The quantitative estimate of drug-likeness (QED) is 0.787. The topological polar surface area (TPSA) is 69.3 Å². The Bertz CT molecular complexity index is 1020. The first kappa shape index (κ1) is 20.9. The minimum Gasteiger partial charge on any atom is -0.328 e.